The van der Waals surface area contributed by atoms with E-state index in [1.54, 1.807) is 12.1 Å². The molecule has 21 heavy (non-hydrogen) atoms. The smallest absolute Gasteiger partial charge is 0.310 e. The van der Waals surface area contributed by atoms with Crippen molar-refractivity contribution in [3.8, 4) is 5.75 Å². The minimum atomic E-state index is -0.494. The third-order valence-electron chi connectivity index (χ3n) is 3.18. The summed E-state index contributed by atoms with van der Waals surface area (Å²) in [4.78, 5) is 21.5. The highest BCUT2D eigenvalue weighted by Crippen LogP contribution is 2.28. The zero-order chi connectivity index (χ0) is 15.2. The minimum Gasteiger partial charge on any atom is -0.486 e. The number of carbonyl (C=O) groups excluding carboxylic acids is 1. The predicted octanol–water partition coefficient (Wildman–Crippen LogP) is 1.79. The van der Waals surface area contributed by atoms with E-state index < -0.39 is 10.9 Å². The molecular formula is C14H18N2O5. The van der Waals surface area contributed by atoms with Crippen LogP contribution in [0.15, 0.2) is 18.2 Å². The molecule has 0 aromatic heterocycles. The van der Waals surface area contributed by atoms with Gasteiger partial charge in [0.05, 0.1) is 25.1 Å². The van der Waals surface area contributed by atoms with Gasteiger partial charge in [-0.25, -0.2) is 0 Å². The number of hydrogen-bond donors (Lipinski definition) is 1. The Morgan fingerprint density at radius 3 is 2.86 bits per heavy atom. The number of nitrogens with one attached hydrogen (secondary N) is 1. The Bertz CT molecular complexity index is 528. The van der Waals surface area contributed by atoms with Crippen LogP contribution in [0.5, 0.6) is 5.75 Å². The molecule has 0 bridgehead atoms. The van der Waals surface area contributed by atoms with Gasteiger partial charge in [0.2, 0.25) is 0 Å². The van der Waals surface area contributed by atoms with Gasteiger partial charge >= 0.3 is 11.7 Å². The molecule has 1 fully saturated rings. The molecule has 0 heterocycles. The van der Waals surface area contributed by atoms with Gasteiger partial charge in [-0.1, -0.05) is 6.07 Å². The second-order valence-corrected chi connectivity index (χ2v) is 4.89. The molecule has 7 nitrogen and oxygen atoms in total. The molecule has 0 saturated heterocycles. The van der Waals surface area contributed by atoms with Gasteiger partial charge in [-0.3, -0.25) is 14.9 Å². The van der Waals surface area contributed by atoms with Crippen molar-refractivity contribution in [2.45, 2.75) is 31.8 Å². The molecule has 2 rings (SSSR count). The fourth-order valence-electron chi connectivity index (χ4n) is 1.83. The monoisotopic (exact) mass is 294 g/mol. The van der Waals surface area contributed by atoms with Crippen molar-refractivity contribution in [3.63, 3.8) is 0 Å². The lowest BCUT2D eigenvalue weighted by molar-refractivity contribution is -0.385. The number of carbonyl (C=O) groups is 1. The minimum absolute atomic E-state index is 0.0486. The first kappa shape index (κ1) is 15.2. The van der Waals surface area contributed by atoms with Crippen LogP contribution in [-0.2, 0) is 16.1 Å². The van der Waals surface area contributed by atoms with E-state index in [9.17, 15) is 14.9 Å². The Hall–Kier alpha value is -2.15. The van der Waals surface area contributed by atoms with Crippen molar-refractivity contribution in [3.05, 3.63) is 33.9 Å². The molecule has 0 unspecified atom stereocenters. The lowest BCUT2D eigenvalue weighted by Gasteiger charge is -2.09. The number of nitro benzene ring substituents is 1. The highest BCUT2D eigenvalue weighted by molar-refractivity contribution is 5.69. The summed E-state index contributed by atoms with van der Waals surface area (Å²) in [6, 6.07) is 5.34. The van der Waals surface area contributed by atoms with Crippen LogP contribution in [0, 0.1) is 10.1 Å². The molecule has 0 aliphatic heterocycles. The molecular weight excluding hydrogens is 276 g/mol. The first-order valence-corrected chi connectivity index (χ1v) is 6.80. The van der Waals surface area contributed by atoms with Gasteiger partial charge < -0.3 is 14.8 Å². The van der Waals surface area contributed by atoms with Gasteiger partial charge in [0.25, 0.3) is 0 Å². The van der Waals surface area contributed by atoms with Gasteiger partial charge in [0.15, 0.2) is 5.75 Å². The zero-order valence-electron chi connectivity index (χ0n) is 11.8. The van der Waals surface area contributed by atoms with Crippen molar-refractivity contribution < 1.29 is 19.2 Å². The van der Waals surface area contributed by atoms with Gasteiger partial charge in [-0.05, 0) is 24.5 Å². The van der Waals surface area contributed by atoms with Gasteiger partial charge in [-0.2, -0.15) is 0 Å². The molecule has 0 atom stereocenters. The van der Waals surface area contributed by atoms with E-state index in [4.69, 9.17) is 4.74 Å². The van der Waals surface area contributed by atoms with Crippen molar-refractivity contribution in [2.24, 2.45) is 0 Å². The number of nitrogens with zero attached hydrogens (tertiary/aromatic N) is 1. The van der Waals surface area contributed by atoms with E-state index in [0.29, 0.717) is 12.6 Å². The molecule has 0 radical (unpaired) electrons. The summed E-state index contributed by atoms with van der Waals surface area (Å²) in [6.45, 7) is 0.697. The van der Waals surface area contributed by atoms with Crippen LogP contribution in [0.4, 0.5) is 5.69 Å². The maximum atomic E-state index is 11.0. The van der Waals surface area contributed by atoms with E-state index >= 15 is 0 Å². The molecule has 7 heteroatoms. The number of ether oxygens (including phenoxy) is 2. The molecule has 0 spiro atoms. The molecule has 1 aromatic rings. The van der Waals surface area contributed by atoms with Gasteiger partial charge in [0, 0.05) is 18.7 Å². The van der Waals surface area contributed by atoms with Crippen LogP contribution in [-0.4, -0.2) is 30.7 Å². The summed E-state index contributed by atoms with van der Waals surface area (Å²) in [7, 11) is 1.29. The molecule has 1 aliphatic rings. The quantitative estimate of drug-likeness (QED) is 0.446. The van der Waals surface area contributed by atoms with E-state index in [1.165, 1.54) is 26.0 Å². The summed E-state index contributed by atoms with van der Waals surface area (Å²) in [5.74, 6) is -0.233. The Labute approximate surface area is 122 Å². The van der Waals surface area contributed by atoms with Crippen LogP contribution < -0.4 is 10.1 Å². The number of nitro groups is 1. The summed E-state index contributed by atoms with van der Waals surface area (Å²) >= 11 is 0. The van der Waals surface area contributed by atoms with E-state index in [1.807, 2.05) is 0 Å². The molecule has 0 amide bonds. The Balaban J connectivity index is 2.00. The number of hydrogen-bond acceptors (Lipinski definition) is 6. The van der Waals surface area contributed by atoms with Crippen LogP contribution in [0.3, 0.4) is 0 Å². The first-order valence-electron chi connectivity index (χ1n) is 6.80. The third-order valence-corrected chi connectivity index (χ3v) is 3.18. The van der Waals surface area contributed by atoms with Crippen molar-refractivity contribution >= 4 is 11.7 Å². The lowest BCUT2D eigenvalue weighted by atomic mass is 10.2. The maximum Gasteiger partial charge on any atom is 0.310 e. The van der Waals surface area contributed by atoms with Crippen LogP contribution >= 0.6 is 0 Å². The number of rotatable bonds is 8. The summed E-state index contributed by atoms with van der Waals surface area (Å²) in [5, 5.41) is 14.3. The van der Waals surface area contributed by atoms with Gasteiger partial charge in [0.1, 0.15) is 0 Å². The highest BCUT2D eigenvalue weighted by atomic mass is 16.6. The van der Waals surface area contributed by atoms with Crippen LogP contribution in [0.1, 0.15) is 24.8 Å². The van der Waals surface area contributed by atoms with E-state index in [2.05, 4.69) is 10.1 Å². The standard InChI is InChI=1S/C14H18N2O5/c1-20-14(17)6-7-21-13-8-10(9-15-11-3-4-11)2-5-12(13)16(18)19/h2,5,8,11,15H,3-4,6-7,9H2,1H3. The second kappa shape index (κ2) is 7.03. The topological polar surface area (TPSA) is 90.7 Å². The average Bonchev–Trinajstić information content (AvgIpc) is 3.29. The maximum absolute atomic E-state index is 11.0. The zero-order valence-corrected chi connectivity index (χ0v) is 11.8. The largest absolute Gasteiger partial charge is 0.486 e. The predicted molar refractivity (Wildman–Crippen MR) is 75.1 cm³/mol. The average molecular weight is 294 g/mol. The highest BCUT2D eigenvalue weighted by Gasteiger charge is 2.21. The molecule has 1 saturated carbocycles. The molecule has 114 valence electrons. The van der Waals surface area contributed by atoms with Gasteiger partial charge in [-0.15, -0.1) is 0 Å². The number of benzene rings is 1. The van der Waals surface area contributed by atoms with Crippen LogP contribution in [0.25, 0.3) is 0 Å². The molecule has 1 aliphatic carbocycles. The van der Waals surface area contributed by atoms with E-state index in [-0.39, 0.29) is 24.5 Å². The Morgan fingerprint density at radius 1 is 1.48 bits per heavy atom. The number of methoxy groups -OCH3 is 1. The SMILES string of the molecule is COC(=O)CCOc1cc(CNC2CC2)ccc1[N+](=O)[O-]. The lowest BCUT2D eigenvalue weighted by Crippen LogP contribution is -2.15. The van der Waals surface area contributed by atoms with E-state index in [0.717, 1.165) is 5.56 Å². The number of esters is 1. The van der Waals surface area contributed by atoms with Crippen molar-refractivity contribution in [1.29, 1.82) is 0 Å². The summed E-state index contributed by atoms with van der Waals surface area (Å²) in [6.07, 6.45) is 2.41. The Kier molecular flexibility index (Phi) is 5.10. The van der Waals surface area contributed by atoms with Crippen molar-refractivity contribution in [1.82, 2.24) is 5.32 Å². The summed E-state index contributed by atoms with van der Waals surface area (Å²) < 4.78 is 9.86. The normalized spacial score (nSPS) is 13.8. The molecule has 1 aromatic carbocycles. The molecule has 1 N–H and O–H groups in total. The summed E-state index contributed by atoms with van der Waals surface area (Å²) in [5.41, 5.74) is 0.815. The first-order chi connectivity index (χ1) is 10.1. The Morgan fingerprint density at radius 2 is 2.24 bits per heavy atom. The van der Waals surface area contributed by atoms with Crippen LogP contribution in [0.2, 0.25) is 0 Å². The van der Waals surface area contributed by atoms with Crippen molar-refractivity contribution in [2.75, 3.05) is 13.7 Å². The fourth-order valence-corrected chi connectivity index (χ4v) is 1.83. The third kappa shape index (κ3) is 4.71. The fraction of sp³-hybridized carbons (Fsp3) is 0.500. The second-order valence-electron chi connectivity index (χ2n) is 4.89.